The maximum absolute atomic E-state index is 12.8. The van der Waals surface area contributed by atoms with Crippen LogP contribution in [-0.2, 0) is 33.3 Å². The number of nitrogens with zero attached hydrogens (tertiary/aromatic N) is 1. The number of likely N-dealkylation sites (N-methyl/N-ethyl adjacent to an activating group) is 1. The summed E-state index contributed by atoms with van der Waals surface area (Å²) in [4.78, 5) is 37.0. The summed E-state index contributed by atoms with van der Waals surface area (Å²) in [6.45, 7) is 4.55. The van der Waals surface area contributed by atoms with Crippen LogP contribution in [-0.4, -0.2) is 82.3 Å². The molecule has 0 aromatic heterocycles. The molecule has 0 heterocycles. The van der Waals surface area contributed by atoms with Crippen LogP contribution in [0.2, 0.25) is 0 Å². The number of aliphatic carboxylic acids is 1. The molecule has 9 heteroatoms. The van der Waals surface area contributed by atoms with Crippen molar-refractivity contribution in [3.63, 3.8) is 0 Å². The van der Waals surface area contributed by atoms with Crippen LogP contribution in [0.4, 0.5) is 0 Å². The van der Waals surface area contributed by atoms with E-state index in [0.717, 1.165) is 122 Å². The normalized spacial score (nSPS) is 13.8. The van der Waals surface area contributed by atoms with Gasteiger partial charge in [0.15, 0.2) is 12.4 Å². The van der Waals surface area contributed by atoms with E-state index in [1.54, 1.807) is 0 Å². The van der Waals surface area contributed by atoms with E-state index in [1.807, 2.05) is 21.1 Å². The van der Waals surface area contributed by atoms with E-state index < -0.39 is 24.3 Å². The lowest BCUT2D eigenvalue weighted by molar-refractivity contribution is -0.870. The summed E-state index contributed by atoms with van der Waals surface area (Å²) in [5, 5.41) is 11.7. The van der Waals surface area contributed by atoms with Crippen molar-refractivity contribution in [2.24, 2.45) is 0 Å². The highest BCUT2D eigenvalue weighted by Crippen LogP contribution is 2.13. The number of carbonyl (C=O) groups excluding carboxylic acids is 3. The number of carboxylic acids is 1. The van der Waals surface area contributed by atoms with Crippen LogP contribution in [0, 0.1) is 0 Å². The second-order valence-electron chi connectivity index (χ2n) is 19.5. The molecule has 73 heavy (non-hydrogen) atoms. The molecule has 9 nitrogen and oxygen atoms in total. The second kappa shape index (κ2) is 53.7. The van der Waals surface area contributed by atoms with Gasteiger partial charge in [0, 0.05) is 12.8 Å². The van der Waals surface area contributed by atoms with Crippen LogP contribution >= 0.6 is 0 Å². The van der Waals surface area contributed by atoms with E-state index in [0.29, 0.717) is 17.4 Å². The first-order valence-electron chi connectivity index (χ1n) is 28.3. The van der Waals surface area contributed by atoms with Crippen molar-refractivity contribution in [2.75, 3.05) is 47.5 Å². The SMILES string of the molecule is CC/C=C\C/C=C\C/C=C\C/C=C\C/C=C\C/C=C\C/C=C\C/C=C\C/C=C\C/C=C\C/C=C\CCCCCCCC(=O)OC(COC(=O)CCCCCCCCCCC)COC(OCC[N+](C)(C)C)C(=O)[O-]. The molecule has 412 valence electrons. The summed E-state index contributed by atoms with van der Waals surface area (Å²) in [5.41, 5.74) is 0. The van der Waals surface area contributed by atoms with E-state index in [9.17, 15) is 19.5 Å². The van der Waals surface area contributed by atoms with Crippen molar-refractivity contribution in [1.29, 1.82) is 0 Å². The first kappa shape index (κ1) is 68.4. The molecule has 0 aromatic carbocycles. The lowest BCUT2D eigenvalue weighted by Gasteiger charge is -2.26. The lowest BCUT2D eigenvalue weighted by Crippen LogP contribution is -2.44. The fourth-order valence-electron chi connectivity index (χ4n) is 7.07. The number of hydrogen-bond acceptors (Lipinski definition) is 8. The zero-order chi connectivity index (χ0) is 53.4. The third-order valence-corrected chi connectivity index (χ3v) is 11.4. The zero-order valence-electron chi connectivity index (χ0n) is 46.7. The summed E-state index contributed by atoms with van der Waals surface area (Å²) in [6, 6.07) is 0. The molecule has 0 bridgehead atoms. The quantitative estimate of drug-likeness (QED) is 0.0195. The van der Waals surface area contributed by atoms with Gasteiger partial charge >= 0.3 is 11.9 Å². The van der Waals surface area contributed by atoms with E-state index in [4.69, 9.17) is 18.9 Å². The van der Waals surface area contributed by atoms with Crippen LogP contribution in [0.15, 0.2) is 134 Å². The lowest BCUT2D eigenvalue weighted by atomic mass is 10.1. The van der Waals surface area contributed by atoms with Gasteiger partial charge in [-0.05, 0) is 96.3 Å². The largest absolute Gasteiger partial charge is 0.545 e. The van der Waals surface area contributed by atoms with Crippen LogP contribution in [0.5, 0.6) is 0 Å². The molecule has 2 unspecified atom stereocenters. The van der Waals surface area contributed by atoms with Gasteiger partial charge < -0.3 is 33.3 Å². The topological polar surface area (TPSA) is 111 Å². The monoisotopic (exact) mass is 1010 g/mol. The molecule has 0 aliphatic carbocycles. The number of esters is 2. The number of carboxylic acid groups (broad SMARTS) is 1. The Bertz CT molecular complexity index is 1650. The van der Waals surface area contributed by atoms with Crippen molar-refractivity contribution in [2.45, 2.75) is 206 Å². The second-order valence-corrected chi connectivity index (χ2v) is 19.5. The minimum atomic E-state index is -1.63. The van der Waals surface area contributed by atoms with Crippen LogP contribution in [0.3, 0.4) is 0 Å². The Morgan fingerprint density at radius 1 is 0.425 bits per heavy atom. The Hall–Kier alpha value is -4.57. The predicted molar refractivity (Wildman–Crippen MR) is 306 cm³/mol. The summed E-state index contributed by atoms with van der Waals surface area (Å²) in [6.07, 6.45) is 73.8. The van der Waals surface area contributed by atoms with Crippen LogP contribution in [0.25, 0.3) is 0 Å². The fraction of sp³-hybridized carbons (Fsp3) is 0.609. The van der Waals surface area contributed by atoms with Crippen molar-refractivity contribution >= 4 is 17.9 Å². The average Bonchev–Trinajstić information content (AvgIpc) is 3.36. The molecule has 0 aliphatic heterocycles. The van der Waals surface area contributed by atoms with E-state index in [-0.39, 0.29) is 38.6 Å². The third-order valence-electron chi connectivity index (χ3n) is 11.4. The van der Waals surface area contributed by atoms with Gasteiger partial charge in [-0.3, -0.25) is 9.59 Å². The van der Waals surface area contributed by atoms with Gasteiger partial charge in [0.1, 0.15) is 13.2 Å². The maximum Gasteiger partial charge on any atom is 0.306 e. The molecule has 0 aromatic rings. The molecule has 2 atom stereocenters. The third kappa shape index (κ3) is 55.0. The molecule has 0 spiro atoms. The van der Waals surface area contributed by atoms with Gasteiger partial charge in [-0.25, -0.2) is 0 Å². The summed E-state index contributed by atoms with van der Waals surface area (Å²) in [5.74, 6) is -2.33. The number of unbranched alkanes of at least 4 members (excludes halogenated alkanes) is 13. The zero-order valence-corrected chi connectivity index (χ0v) is 46.7. The maximum atomic E-state index is 12.8. The summed E-state index contributed by atoms with van der Waals surface area (Å²) in [7, 11) is 5.89. The first-order chi connectivity index (χ1) is 35.6. The van der Waals surface area contributed by atoms with Gasteiger partial charge in [0.2, 0.25) is 0 Å². The highest BCUT2D eigenvalue weighted by Gasteiger charge is 2.22. The number of quaternary nitrogens is 1. The number of ether oxygens (including phenoxy) is 4. The Labute approximate surface area is 446 Å². The van der Waals surface area contributed by atoms with E-state index in [1.165, 1.54) is 38.5 Å². The smallest absolute Gasteiger partial charge is 0.306 e. The minimum absolute atomic E-state index is 0.138. The molecule has 0 fully saturated rings. The summed E-state index contributed by atoms with van der Waals surface area (Å²) < 4.78 is 22.5. The Balaban J connectivity index is 4.19. The standard InChI is InChI=1S/C64H103NO8/c1-6-8-10-12-14-16-17-18-19-20-21-22-23-24-25-26-27-28-29-30-31-32-33-34-35-36-37-38-39-40-41-42-43-44-45-47-49-51-53-55-62(67)73-60(59-72-64(63(68)69)70-57-56-65(3,4)5)58-71-61(66)54-52-50-48-46-15-13-11-9-7-2/h8,10,14,16,18-19,21-22,24-25,27-28,30-31,33-34,36-37,39-40,42-43,60,64H,6-7,9,11-13,15,17,20,23,26,29,32,35,38,41,44-59H2,1-5H3/b10-8-,16-14-,19-18-,22-21-,25-24-,28-27-,31-30-,34-33-,37-36-,40-39-,43-42-. The summed E-state index contributed by atoms with van der Waals surface area (Å²) >= 11 is 0. The molecule has 0 aliphatic rings. The van der Waals surface area contributed by atoms with Crippen molar-refractivity contribution in [3.8, 4) is 0 Å². The van der Waals surface area contributed by atoms with Crippen LogP contribution < -0.4 is 5.11 Å². The predicted octanol–water partition coefficient (Wildman–Crippen LogP) is 15.3. The molecule has 0 amide bonds. The van der Waals surface area contributed by atoms with Gasteiger partial charge in [-0.15, -0.1) is 0 Å². The highest BCUT2D eigenvalue weighted by atomic mass is 16.7. The molecular formula is C64H103NO8. The van der Waals surface area contributed by atoms with Gasteiger partial charge in [-0.1, -0.05) is 218 Å². The molecule has 0 N–H and O–H groups in total. The van der Waals surface area contributed by atoms with Gasteiger partial charge in [0.05, 0.1) is 40.3 Å². The molecular weight excluding hydrogens is 911 g/mol. The number of rotatable bonds is 50. The van der Waals surface area contributed by atoms with Gasteiger partial charge in [-0.2, -0.15) is 0 Å². The van der Waals surface area contributed by atoms with Crippen molar-refractivity contribution < 1.29 is 42.9 Å². The van der Waals surface area contributed by atoms with Crippen molar-refractivity contribution in [1.82, 2.24) is 0 Å². The minimum Gasteiger partial charge on any atom is -0.545 e. The number of allylic oxidation sites excluding steroid dienone is 22. The highest BCUT2D eigenvalue weighted by molar-refractivity contribution is 5.70. The molecule has 0 saturated carbocycles. The Kier molecular flexibility index (Phi) is 50.4. The van der Waals surface area contributed by atoms with Gasteiger partial charge in [0.25, 0.3) is 0 Å². The Morgan fingerprint density at radius 3 is 1.16 bits per heavy atom. The van der Waals surface area contributed by atoms with Crippen molar-refractivity contribution in [3.05, 3.63) is 134 Å². The fourth-order valence-corrected chi connectivity index (χ4v) is 7.07. The molecule has 0 saturated heterocycles. The molecule has 0 rings (SSSR count). The number of hydrogen-bond donors (Lipinski definition) is 0. The number of carbonyl (C=O) groups is 3. The van der Waals surface area contributed by atoms with E-state index >= 15 is 0 Å². The molecule has 0 radical (unpaired) electrons. The van der Waals surface area contributed by atoms with E-state index in [2.05, 4.69) is 148 Å². The Morgan fingerprint density at radius 2 is 0.781 bits per heavy atom. The first-order valence-corrected chi connectivity index (χ1v) is 28.3. The van der Waals surface area contributed by atoms with Crippen LogP contribution in [0.1, 0.15) is 194 Å². The average molecular weight is 1010 g/mol.